The van der Waals surface area contributed by atoms with Crippen molar-refractivity contribution in [1.82, 2.24) is 0 Å². The van der Waals surface area contributed by atoms with E-state index in [4.69, 9.17) is 9.47 Å². The van der Waals surface area contributed by atoms with E-state index >= 15 is 0 Å². The molecular formula is C14H16O5. The number of Topliss-reactive ketones (excluding diaryl/α,β-unsaturated/α-hetero) is 1. The van der Waals surface area contributed by atoms with Gasteiger partial charge in [-0.15, -0.1) is 0 Å². The number of fused-ring (bicyclic) bond motifs is 4. The molecule has 5 rings (SSSR count). The van der Waals surface area contributed by atoms with Crippen LogP contribution < -0.4 is 0 Å². The van der Waals surface area contributed by atoms with Crippen molar-refractivity contribution in [3.05, 3.63) is 12.2 Å². The third-order valence-corrected chi connectivity index (χ3v) is 6.71. The highest BCUT2D eigenvalue weighted by Crippen LogP contribution is 2.79. The zero-order valence-electron chi connectivity index (χ0n) is 10.8. The number of aliphatic hydroxyl groups is 2. The maximum atomic E-state index is 12.7. The van der Waals surface area contributed by atoms with Gasteiger partial charge in [0.05, 0.1) is 5.41 Å². The topological polar surface area (TPSA) is 82.6 Å². The molecule has 8 unspecified atom stereocenters. The van der Waals surface area contributed by atoms with Crippen LogP contribution in [-0.4, -0.2) is 51.1 Å². The minimum atomic E-state index is -1.51. The first kappa shape index (κ1) is 11.0. The van der Waals surface area contributed by atoms with E-state index in [1.165, 1.54) is 0 Å². The maximum Gasteiger partial charge on any atom is 0.199 e. The predicted molar refractivity (Wildman–Crippen MR) is 62.2 cm³/mol. The van der Waals surface area contributed by atoms with Crippen LogP contribution >= 0.6 is 0 Å². The summed E-state index contributed by atoms with van der Waals surface area (Å²) < 4.78 is 11.2. The zero-order valence-corrected chi connectivity index (χ0v) is 10.8. The number of carbonyl (C=O) groups is 1. The molecule has 0 aromatic heterocycles. The summed E-state index contributed by atoms with van der Waals surface area (Å²) in [5.74, 6) is -0.511. The fourth-order valence-corrected chi connectivity index (χ4v) is 5.42. The van der Waals surface area contributed by atoms with Crippen LogP contribution in [0.2, 0.25) is 0 Å². The Labute approximate surface area is 110 Å². The summed E-state index contributed by atoms with van der Waals surface area (Å²) in [4.78, 5) is 12.7. The molecule has 0 amide bonds. The molecule has 2 N–H and O–H groups in total. The summed E-state index contributed by atoms with van der Waals surface area (Å²) in [6.07, 6.45) is -0.755. The Kier molecular flexibility index (Phi) is 1.34. The molecule has 1 spiro atoms. The Morgan fingerprint density at radius 2 is 2.00 bits per heavy atom. The predicted octanol–water partition coefficient (Wildman–Crippen LogP) is -0.448. The molecule has 2 aliphatic heterocycles. The minimum absolute atomic E-state index is 0.211. The molecule has 19 heavy (non-hydrogen) atoms. The van der Waals surface area contributed by atoms with E-state index in [1.54, 1.807) is 6.92 Å². The fraction of sp³-hybridized carbons (Fsp3) is 0.786. The average molecular weight is 264 g/mol. The summed E-state index contributed by atoms with van der Waals surface area (Å²) in [7, 11) is 0. The Hall–Kier alpha value is -0.750. The number of carbonyl (C=O) groups excluding carboxylic acids is 1. The SMILES string of the molecule is C=C1C(O)C2OC23CC2C4OC4(C)C(=O)C2(O)C13C. The Balaban J connectivity index is 1.76. The van der Waals surface area contributed by atoms with E-state index in [2.05, 4.69) is 6.58 Å². The van der Waals surface area contributed by atoms with Crippen molar-refractivity contribution in [1.29, 1.82) is 0 Å². The standard InChI is InChI=1S/C14H16O5/c1-5-7(15)9-13(19-9)4-6-8-11(2,18-8)10(16)14(6,17)12(5,13)3/h6-9,15,17H,1,4H2,2-3H3. The van der Waals surface area contributed by atoms with Gasteiger partial charge in [-0.2, -0.15) is 0 Å². The molecule has 2 heterocycles. The maximum absolute atomic E-state index is 12.7. The number of hydrogen-bond acceptors (Lipinski definition) is 5. The monoisotopic (exact) mass is 264 g/mol. The van der Waals surface area contributed by atoms with Gasteiger partial charge in [-0.3, -0.25) is 4.79 Å². The van der Waals surface area contributed by atoms with Gasteiger partial charge < -0.3 is 19.7 Å². The van der Waals surface area contributed by atoms with E-state index in [0.717, 1.165) is 0 Å². The van der Waals surface area contributed by atoms with Crippen LogP contribution in [-0.2, 0) is 14.3 Å². The first-order valence-electron chi connectivity index (χ1n) is 6.75. The van der Waals surface area contributed by atoms with Crippen LogP contribution in [0.4, 0.5) is 0 Å². The zero-order chi connectivity index (χ0) is 13.6. The van der Waals surface area contributed by atoms with Gasteiger partial charge in [0.15, 0.2) is 11.4 Å². The minimum Gasteiger partial charge on any atom is -0.386 e. The molecule has 5 aliphatic rings. The molecule has 102 valence electrons. The van der Waals surface area contributed by atoms with Crippen LogP contribution in [0.3, 0.4) is 0 Å². The number of ether oxygens (including phenoxy) is 2. The van der Waals surface area contributed by atoms with Gasteiger partial charge in [-0.25, -0.2) is 0 Å². The molecule has 5 fully saturated rings. The van der Waals surface area contributed by atoms with Crippen molar-refractivity contribution in [2.24, 2.45) is 11.3 Å². The molecule has 0 bridgehead atoms. The number of aliphatic hydroxyl groups excluding tert-OH is 1. The van der Waals surface area contributed by atoms with Gasteiger partial charge in [-0.05, 0) is 25.8 Å². The lowest BCUT2D eigenvalue weighted by Gasteiger charge is -2.41. The van der Waals surface area contributed by atoms with E-state index in [-0.39, 0.29) is 23.9 Å². The summed E-state index contributed by atoms with van der Waals surface area (Å²) in [6.45, 7) is 7.50. The second-order valence-electron chi connectivity index (χ2n) is 7.07. The van der Waals surface area contributed by atoms with E-state index in [0.29, 0.717) is 12.0 Å². The second kappa shape index (κ2) is 2.33. The molecular weight excluding hydrogens is 248 g/mol. The Bertz CT molecular complexity index is 586. The van der Waals surface area contributed by atoms with Crippen molar-refractivity contribution in [3.8, 4) is 0 Å². The largest absolute Gasteiger partial charge is 0.386 e. The molecule has 5 nitrogen and oxygen atoms in total. The lowest BCUT2D eigenvalue weighted by Crippen LogP contribution is -2.57. The molecule has 5 heteroatoms. The van der Waals surface area contributed by atoms with E-state index in [1.807, 2.05) is 6.92 Å². The van der Waals surface area contributed by atoms with Crippen molar-refractivity contribution in [3.63, 3.8) is 0 Å². The smallest absolute Gasteiger partial charge is 0.199 e. The van der Waals surface area contributed by atoms with E-state index in [9.17, 15) is 15.0 Å². The van der Waals surface area contributed by atoms with Gasteiger partial charge in [0, 0.05) is 5.92 Å². The highest BCUT2D eigenvalue weighted by atomic mass is 16.6. The van der Waals surface area contributed by atoms with E-state index < -0.39 is 28.3 Å². The number of epoxide rings is 2. The van der Waals surface area contributed by atoms with Crippen molar-refractivity contribution < 1.29 is 24.5 Å². The molecule has 0 aromatic carbocycles. The summed E-state index contributed by atoms with van der Waals surface area (Å²) in [6, 6.07) is 0. The Morgan fingerprint density at radius 3 is 2.68 bits per heavy atom. The molecule has 2 saturated heterocycles. The van der Waals surface area contributed by atoms with Gasteiger partial charge in [-0.1, -0.05) is 6.58 Å². The van der Waals surface area contributed by atoms with Gasteiger partial charge in [0.25, 0.3) is 0 Å². The van der Waals surface area contributed by atoms with Crippen LogP contribution in [0.25, 0.3) is 0 Å². The molecule has 0 aromatic rings. The highest BCUT2D eigenvalue weighted by Gasteiger charge is 2.94. The van der Waals surface area contributed by atoms with Crippen molar-refractivity contribution in [2.75, 3.05) is 0 Å². The molecule has 0 radical (unpaired) electrons. The summed E-state index contributed by atoms with van der Waals surface area (Å²) >= 11 is 0. The number of rotatable bonds is 0. The van der Waals surface area contributed by atoms with Gasteiger partial charge in [0.2, 0.25) is 0 Å². The highest BCUT2D eigenvalue weighted by molar-refractivity contribution is 6.03. The average Bonchev–Trinajstić information content (AvgIpc) is 3.21. The first-order valence-corrected chi connectivity index (χ1v) is 6.75. The van der Waals surface area contributed by atoms with Gasteiger partial charge >= 0.3 is 0 Å². The normalized spacial score (nSPS) is 71.6. The number of hydrogen-bond donors (Lipinski definition) is 2. The van der Waals surface area contributed by atoms with Gasteiger partial charge in [0.1, 0.15) is 29.5 Å². The molecule has 8 atom stereocenters. The van der Waals surface area contributed by atoms with Crippen LogP contribution in [0.15, 0.2) is 12.2 Å². The van der Waals surface area contributed by atoms with Crippen molar-refractivity contribution >= 4 is 5.78 Å². The van der Waals surface area contributed by atoms with Crippen LogP contribution in [0.1, 0.15) is 20.3 Å². The quantitative estimate of drug-likeness (QED) is 0.457. The summed E-state index contributed by atoms with van der Waals surface area (Å²) in [5.41, 5.74) is -3.33. The fourth-order valence-electron chi connectivity index (χ4n) is 5.42. The summed E-state index contributed by atoms with van der Waals surface area (Å²) in [5, 5.41) is 21.4. The Morgan fingerprint density at radius 1 is 1.32 bits per heavy atom. The second-order valence-corrected chi connectivity index (χ2v) is 7.07. The molecule has 3 saturated carbocycles. The van der Waals surface area contributed by atoms with Crippen molar-refractivity contribution in [2.45, 2.75) is 55.4 Å². The first-order chi connectivity index (χ1) is 8.75. The van der Waals surface area contributed by atoms with Crippen LogP contribution in [0.5, 0.6) is 0 Å². The third kappa shape index (κ3) is 0.690. The lowest BCUT2D eigenvalue weighted by molar-refractivity contribution is -0.158. The molecule has 3 aliphatic carbocycles. The lowest BCUT2D eigenvalue weighted by atomic mass is 9.66. The van der Waals surface area contributed by atoms with Crippen LogP contribution in [0, 0.1) is 11.3 Å². The number of ketones is 1. The third-order valence-electron chi connectivity index (χ3n) is 6.71.